The van der Waals surface area contributed by atoms with E-state index in [1.54, 1.807) is 30.3 Å². The van der Waals surface area contributed by atoms with E-state index in [0.29, 0.717) is 27.1 Å². The third-order valence-electron chi connectivity index (χ3n) is 5.22. The lowest BCUT2D eigenvalue weighted by molar-refractivity contribution is -0.123. The lowest BCUT2D eigenvalue weighted by Crippen LogP contribution is -2.30. The molecule has 0 aromatic heterocycles. The number of rotatable bonds is 7. The smallest absolute Gasteiger partial charge is 0.329 e. The van der Waals surface area contributed by atoms with Crippen LogP contribution >= 0.6 is 15.9 Å². The average Bonchev–Trinajstić information content (AvgIpc) is 3.11. The number of carbonyl (C=O) groups is 2. The SMILES string of the molecule is COc1cc(/C=C2/NC(=O)N(Cc3ccccc3)C2=O)cc(Br)c1OCc1ccccc1C#N. The Labute approximate surface area is 205 Å². The molecule has 3 aromatic carbocycles. The number of hydrogen-bond donors (Lipinski definition) is 1. The van der Waals surface area contributed by atoms with Gasteiger partial charge >= 0.3 is 6.03 Å². The van der Waals surface area contributed by atoms with Gasteiger partial charge in [0.2, 0.25) is 0 Å². The highest BCUT2D eigenvalue weighted by Crippen LogP contribution is 2.38. The molecular formula is C26H20BrN3O4. The lowest BCUT2D eigenvalue weighted by atomic mass is 10.1. The van der Waals surface area contributed by atoms with Gasteiger partial charge in [0.05, 0.1) is 29.8 Å². The van der Waals surface area contributed by atoms with Crippen LogP contribution in [-0.2, 0) is 17.9 Å². The van der Waals surface area contributed by atoms with Crippen molar-refractivity contribution in [1.82, 2.24) is 10.2 Å². The lowest BCUT2D eigenvalue weighted by Gasteiger charge is -2.14. The quantitative estimate of drug-likeness (QED) is 0.351. The number of carbonyl (C=O) groups excluding carboxylic acids is 2. The number of benzene rings is 3. The Bertz CT molecular complexity index is 1320. The van der Waals surface area contributed by atoms with Gasteiger partial charge in [-0.1, -0.05) is 48.5 Å². The minimum Gasteiger partial charge on any atom is -0.493 e. The molecule has 0 bridgehead atoms. The third kappa shape index (κ3) is 4.95. The number of nitrogens with zero attached hydrogens (tertiary/aromatic N) is 2. The first kappa shape index (κ1) is 23.1. The molecule has 0 spiro atoms. The van der Waals surface area contributed by atoms with Gasteiger partial charge in [0.1, 0.15) is 12.3 Å². The zero-order valence-corrected chi connectivity index (χ0v) is 19.8. The van der Waals surface area contributed by atoms with Gasteiger partial charge in [-0.15, -0.1) is 0 Å². The molecule has 1 heterocycles. The molecular weight excluding hydrogens is 498 g/mol. The summed E-state index contributed by atoms with van der Waals surface area (Å²) in [6.45, 7) is 0.370. The molecule has 0 aliphatic carbocycles. The zero-order chi connectivity index (χ0) is 24.1. The maximum atomic E-state index is 12.8. The second-order valence-electron chi connectivity index (χ2n) is 7.46. The highest BCUT2D eigenvalue weighted by Gasteiger charge is 2.33. The largest absolute Gasteiger partial charge is 0.493 e. The number of nitriles is 1. The van der Waals surface area contributed by atoms with Crippen molar-refractivity contribution in [3.8, 4) is 17.6 Å². The van der Waals surface area contributed by atoms with Crippen molar-refractivity contribution in [3.63, 3.8) is 0 Å². The molecule has 1 N–H and O–H groups in total. The van der Waals surface area contributed by atoms with Crippen molar-refractivity contribution in [2.45, 2.75) is 13.2 Å². The Kier molecular flexibility index (Phi) is 6.95. The Balaban J connectivity index is 1.55. The van der Waals surface area contributed by atoms with Crippen molar-refractivity contribution in [1.29, 1.82) is 5.26 Å². The number of urea groups is 1. The van der Waals surface area contributed by atoms with Crippen molar-refractivity contribution >= 4 is 33.9 Å². The van der Waals surface area contributed by atoms with Crippen molar-refractivity contribution in [2.24, 2.45) is 0 Å². The molecule has 1 aliphatic rings. The van der Waals surface area contributed by atoms with Crippen molar-refractivity contribution < 1.29 is 19.1 Å². The monoisotopic (exact) mass is 517 g/mol. The summed E-state index contributed by atoms with van der Waals surface area (Å²) in [6.07, 6.45) is 1.59. The predicted octanol–water partition coefficient (Wildman–Crippen LogP) is 5.00. The minimum atomic E-state index is -0.470. The molecule has 7 nitrogen and oxygen atoms in total. The first-order valence-corrected chi connectivity index (χ1v) is 11.2. The molecule has 0 saturated carbocycles. The molecule has 0 unspecified atom stereocenters. The minimum absolute atomic E-state index is 0.173. The molecule has 3 amide bonds. The Hall–Kier alpha value is -4.09. The summed E-state index contributed by atoms with van der Waals surface area (Å²) in [5.74, 6) is 0.496. The van der Waals surface area contributed by atoms with E-state index in [1.807, 2.05) is 42.5 Å². The summed E-state index contributed by atoms with van der Waals surface area (Å²) in [6, 6.07) is 21.7. The van der Waals surface area contributed by atoms with Gasteiger partial charge in [-0.25, -0.2) is 4.79 Å². The Morgan fingerprint density at radius 2 is 1.82 bits per heavy atom. The van der Waals surface area contributed by atoms with E-state index in [1.165, 1.54) is 7.11 Å². The van der Waals surface area contributed by atoms with Crippen molar-refractivity contribution in [2.75, 3.05) is 7.11 Å². The van der Waals surface area contributed by atoms with Crippen molar-refractivity contribution in [3.05, 3.63) is 99.2 Å². The summed E-state index contributed by atoms with van der Waals surface area (Å²) in [5, 5.41) is 11.9. The van der Waals surface area contributed by atoms with E-state index in [4.69, 9.17) is 9.47 Å². The van der Waals surface area contributed by atoms with Crippen LogP contribution in [-0.4, -0.2) is 23.9 Å². The molecule has 0 radical (unpaired) electrons. The van der Waals surface area contributed by atoms with Gasteiger partial charge in [-0.2, -0.15) is 5.26 Å². The van der Waals surface area contributed by atoms with E-state index in [9.17, 15) is 14.9 Å². The van der Waals surface area contributed by atoms with Gasteiger partial charge in [0, 0.05) is 5.56 Å². The maximum Gasteiger partial charge on any atom is 0.329 e. The van der Waals surface area contributed by atoms with Crippen LogP contribution in [0.4, 0.5) is 4.79 Å². The number of hydrogen-bond acceptors (Lipinski definition) is 5. The normalized spacial score (nSPS) is 14.1. The molecule has 4 rings (SSSR count). The van der Waals surface area contributed by atoms with Crippen LogP contribution in [0.2, 0.25) is 0 Å². The number of ether oxygens (including phenoxy) is 2. The Morgan fingerprint density at radius 1 is 1.09 bits per heavy atom. The summed E-state index contributed by atoms with van der Waals surface area (Å²) in [4.78, 5) is 26.4. The second-order valence-corrected chi connectivity index (χ2v) is 8.31. The van der Waals surface area contributed by atoms with Crippen LogP contribution in [0.15, 0.2) is 76.9 Å². The molecule has 8 heteroatoms. The van der Waals surface area contributed by atoms with E-state index in [2.05, 4.69) is 27.3 Å². The summed E-state index contributed by atoms with van der Waals surface area (Å²) in [7, 11) is 1.51. The van der Waals surface area contributed by atoms with Crippen LogP contribution in [0, 0.1) is 11.3 Å². The maximum absolute atomic E-state index is 12.8. The van der Waals surface area contributed by atoms with Crippen LogP contribution in [0.5, 0.6) is 11.5 Å². The van der Waals surface area contributed by atoms with Crippen LogP contribution in [0.3, 0.4) is 0 Å². The van der Waals surface area contributed by atoms with E-state index < -0.39 is 11.9 Å². The number of methoxy groups -OCH3 is 1. The van der Waals surface area contributed by atoms with Crippen LogP contribution in [0.25, 0.3) is 6.08 Å². The molecule has 0 atom stereocenters. The van der Waals surface area contributed by atoms with E-state index in [-0.39, 0.29) is 18.8 Å². The van der Waals surface area contributed by atoms with E-state index in [0.717, 1.165) is 16.0 Å². The zero-order valence-electron chi connectivity index (χ0n) is 18.2. The topological polar surface area (TPSA) is 91.7 Å². The first-order chi connectivity index (χ1) is 16.5. The molecule has 170 valence electrons. The van der Waals surface area contributed by atoms with Gasteiger partial charge in [0.15, 0.2) is 11.5 Å². The van der Waals surface area contributed by atoms with Crippen LogP contribution < -0.4 is 14.8 Å². The summed E-state index contributed by atoms with van der Waals surface area (Å²) in [5.41, 5.74) is 2.96. The fraction of sp³-hybridized carbons (Fsp3) is 0.115. The average molecular weight is 518 g/mol. The molecule has 1 fully saturated rings. The molecule has 34 heavy (non-hydrogen) atoms. The number of amides is 3. The van der Waals surface area contributed by atoms with E-state index >= 15 is 0 Å². The molecule has 1 aliphatic heterocycles. The first-order valence-electron chi connectivity index (χ1n) is 10.4. The Morgan fingerprint density at radius 3 is 2.56 bits per heavy atom. The molecule has 3 aromatic rings. The summed E-state index contributed by atoms with van der Waals surface area (Å²) < 4.78 is 12.0. The van der Waals surface area contributed by atoms with Gasteiger partial charge < -0.3 is 14.8 Å². The fourth-order valence-electron chi connectivity index (χ4n) is 3.52. The number of imide groups is 1. The third-order valence-corrected chi connectivity index (χ3v) is 5.81. The molecule has 1 saturated heterocycles. The van der Waals surface area contributed by atoms with Gasteiger partial charge in [-0.3, -0.25) is 9.69 Å². The second kappa shape index (κ2) is 10.2. The highest BCUT2D eigenvalue weighted by atomic mass is 79.9. The van der Waals surface area contributed by atoms with Gasteiger partial charge in [0.25, 0.3) is 5.91 Å². The standard InChI is InChI=1S/C26H20BrN3O4/c1-33-23-13-18(11-21(27)24(23)34-16-20-10-6-5-9-19(20)14-28)12-22-25(31)30(26(32)29-22)15-17-7-3-2-4-8-17/h2-13H,15-16H2,1H3,(H,29,32)/b22-12+. The number of nitrogens with one attached hydrogen (secondary N) is 1. The fourth-order valence-corrected chi connectivity index (χ4v) is 4.09. The number of halogens is 1. The van der Waals surface area contributed by atoms with Gasteiger partial charge in [-0.05, 0) is 51.3 Å². The van der Waals surface area contributed by atoms with Crippen LogP contribution in [0.1, 0.15) is 22.3 Å². The highest BCUT2D eigenvalue weighted by molar-refractivity contribution is 9.10. The summed E-state index contributed by atoms with van der Waals surface area (Å²) >= 11 is 3.50. The predicted molar refractivity (Wildman–Crippen MR) is 130 cm³/mol.